The average molecular weight is 216 g/mol. The molecule has 0 fully saturated rings. The summed E-state index contributed by atoms with van der Waals surface area (Å²) in [6.07, 6.45) is 2.38. The van der Waals surface area contributed by atoms with Crippen LogP contribution < -0.4 is 5.43 Å². The van der Waals surface area contributed by atoms with E-state index in [0.29, 0.717) is 11.5 Å². The minimum absolute atomic E-state index is 0.292. The fraction of sp³-hybridized carbons (Fsp3) is 0. The highest BCUT2D eigenvalue weighted by Gasteiger charge is 1.92. The molecule has 0 spiro atoms. The molecule has 7 nitrogen and oxygen atoms in total. The Hall–Kier alpha value is -2.57. The second-order valence-corrected chi connectivity index (χ2v) is 2.89. The van der Waals surface area contributed by atoms with Crippen molar-refractivity contribution in [2.24, 2.45) is 5.10 Å². The number of carbonyl (C=O) groups is 1. The molecule has 2 rings (SSSR count). The number of H-pyrrole nitrogens is 1. The molecule has 7 heteroatoms. The molecular weight excluding hydrogens is 208 g/mol. The monoisotopic (exact) mass is 216 g/mol. The number of carbonyl (C=O) groups excluding carboxylic acids is 1. The van der Waals surface area contributed by atoms with Gasteiger partial charge in [0.1, 0.15) is 6.29 Å². The van der Waals surface area contributed by atoms with Crippen LogP contribution >= 0.6 is 0 Å². The van der Waals surface area contributed by atoms with Gasteiger partial charge in [-0.3, -0.25) is 4.79 Å². The lowest BCUT2D eigenvalue weighted by Gasteiger charge is -1.93. The normalized spacial score (nSPS) is 10.5. The van der Waals surface area contributed by atoms with Crippen LogP contribution in [0.15, 0.2) is 29.4 Å². The third kappa shape index (κ3) is 2.47. The first-order chi connectivity index (χ1) is 7.88. The van der Waals surface area contributed by atoms with E-state index in [2.05, 4.69) is 31.2 Å². The highest BCUT2D eigenvalue weighted by molar-refractivity contribution is 5.82. The van der Waals surface area contributed by atoms with Gasteiger partial charge in [0.25, 0.3) is 5.95 Å². The summed E-state index contributed by atoms with van der Waals surface area (Å²) in [5.74, 6) is 0.292. The number of nitrogens with zero attached hydrogens (tertiary/aromatic N) is 4. The van der Waals surface area contributed by atoms with Gasteiger partial charge in [-0.1, -0.05) is 29.4 Å². The van der Waals surface area contributed by atoms with E-state index < -0.39 is 0 Å². The molecule has 0 saturated heterocycles. The van der Waals surface area contributed by atoms with Crippen molar-refractivity contribution in [2.75, 3.05) is 5.43 Å². The third-order valence-electron chi connectivity index (χ3n) is 1.80. The van der Waals surface area contributed by atoms with Crippen LogP contribution in [0.4, 0.5) is 5.95 Å². The summed E-state index contributed by atoms with van der Waals surface area (Å²) in [4.78, 5) is 10.4. The zero-order valence-corrected chi connectivity index (χ0v) is 8.16. The Kier molecular flexibility index (Phi) is 2.98. The van der Waals surface area contributed by atoms with Gasteiger partial charge >= 0.3 is 0 Å². The molecule has 0 radical (unpaired) electrons. The van der Waals surface area contributed by atoms with Crippen molar-refractivity contribution in [1.82, 2.24) is 20.6 Å². The predicted octanol–water partition coefficient (Wildman–Crippen LogP) is 0.458. The zero-order valence-electron chi connectivity index (χ0n) is 8.16. The largest absolute Gasteiger partial charge is 0.298 e. The second kappa shape index (κ2) is 4.78. The van der Waals surface area contributed by atoms with Crippen LogP contribution in [0.2, 0.25) is 0 Å². The first-order valence-electron chi connectivity index (χ1n) is 4.46. The van der Waals surface area contributed by atoms with E-state index in [0.717, 1.165) is 11.8 Å². The first kappa shape index (κ1) is 9.97. The van der Waals surface area contributed by atoms with Crippen molar-refractivity contribution in [2.45, 2.75) is 0 Å². The first-order valence-corrected chi connectivity index (χ1v) is 4.46. The van der Waals surface area contributed by atoms with Gasteiger partial charge in [-0.2, -0.15) is 10.3 Å². The number of hydrogen-bond donors (Lipinski definition) is 2. The van der Waals surface area contributed by atoms with Crippen LogP contribution in [0, 0.1) is 0 Å². The van der Waals surface area contributed by atoms with Gasteiger partial charge in [0, 0.05) is 5.56 Å². The number of nitrogens with one attached hydrogen (secondary N) is 2. The topological polar surface area (TPSA) is 95.9 Å². The maximum absolute atomic E-state index is 10.4. The summed E-state index contributed by atoms with van der Waals surface area (Å²) in [5.41, 5.74) is 4.08. The van der Waals surface area contributed by atoms with Crippen LogP contribution in [0.3, 0.4) is 0 Å². The summed E-state index contributed by atoms with van der Waals surface area (Å²) < 4.78 is 0. The average Bonchev–Trinajstić information content (AvgIpc) is 2.83. The predicted molar refractivity (Wildman–Crippen MR) is 57.2 cm³/mol. The smallest absolute Gasteiger partial charge is 0.283 e. The molecule has 80 valence electrons. The number of benzene rings is 1. The minimum Gasteiger partial charge on any atom is -0.298 e. The highest BCUT2D eigenvalue weighted by Crippen LogP contribution is 2.00. The number of rotatable bonds is 4. The molecule has 0 amide bonds. The van der Waals surface area contributed by atoms with Crippen LogP contribution in [0.25, 0.3) is 0 Å². The summed E-state index contributed by atoms with van der Waals surface area (Å²) in [6.45, 7) is 0. The van der Waals surface area contributed by atoms with E-state index in [1.165, 1.54) is 0 Å². The number of hydrazone groups is 1. The number of tetrazole rings is 1. The van der Waals surface area contributed by atoms with E-state index >= 15 is 0 Å². The lowest BCUT2D eigenvalue weighted by molar-refractivity contribution is 0.112. The van der Waals surface area contributed by atoms with Crippen molar-refractivity contribution in [3.63, 3.8) is 0 Å². The van der Waals surface area contributed by atoms with E-state index in [9.17, 15) is 4.79 Å². The van der Waals surface area contributed by atoms with Crippen molar-refractivity contribution < 1.29 is 4.79 Å². The standard InChI is InChI=1S/C9H8N6O/c16-6-8-3-1-7(2-4-8)5-10-11-9-12-14-15-13-9/h1-6H,(H2,11,12,13,14,15)/b10-5-. The summed E-state index contributed by atoms with van der Waals surface area (Å²) in [6, 6.07) is 6.99. The Morgan fingerprint density at radius 3 is 2.62 bits per heavy atom. The molecule has 0 aliphatic heterocycles. The quantitative estimate of drug-likeness (QED) is 0.439. The number of anilines is 1. The molecule has 1 aromatic heterocycles. The molecule has 1 aromatic carbocycles. The number of aldehydes is 1. The minimum atomic E-state index is 0.292. The van der Waals surface area contributed by atoms with Crippen molar-refractivity contribution in [3.8, 4) is 0 Å². The van der Waals surface area contributed by atoms with Crippen LogP contribution in [0.1, 0.15) is 15.9 Å². The van der Waals surface area contributed by atoms with Gasteiger partial charge in [0.15, 0.2) is 0 Å². The van der Waals surface area contributed by atoms with E-state index in [1.807, 2.05) is 0 Å². The molecule has 16 heavy (non-hydrogen) atoms. The molecule has 0 unspecified atom stereocenters. The van der Waals surface area contributed by atoms with Gasteiger partial charge in [0.2, 0.25) is 0 Å². The molecule has 0 saturated carbocycles. The van der Waals surface area contributed by atoms with Gasteiger partial charge in [-0.05, 0) is 10.8 Å². The summed E-state index contributed by atoms with van der Waals surface area (Å²) >= 11 is 0. The fourth-order valence-corrected chi connectivity index (χ4v) is 1.03. The molecule has 0 aliphatic carbocycles. The van der Waals surface area contributed by atoms with Crippen molar-refractivity contribution in [3.05, 3.63) is 35.4 Å². The number of aromatic nitrogens is 4. The van der Waals surface area contributed by atoms with E-state index in [4.69, 9.17) is 0 Å². The highest BCUT2D eigenvalue weighted by atomic mass is 16.1. The molecular formula is C9H8N6O. The van der Waals surface area contributed by atoms with Crippen LogP contribution in [0.5, 0.6) is 0 Å². The Morgan fingerprint density at radius 2 is 2.00 bits per heavy atom. The molecule has 0 atom stereocenters. The summed E-state index contributed by atoms with van der Waals surface area (Å²) in [5, 5.41) is 16.9. The van der Waals surface area contributed by atoms with E-state index in [-0.39, 0.29) is 0 Å². The molecule has 1 heterocycles. The molecule has 2 N–H and O–H groups in total. The Labute approximate surface area is 90.6 Å². The zero-order chi connectivity index (χ0) is 11.2. The molecule has 0 aliphatic rings. The van der Waals surface area contributed by atoms with Crippen molar-refractivity contribution in [1.29, 1.82) is 0 Å². The number of hydrogen-bond acceptors (Lipinski definition) is 6. The lowest BCUT2D eigenvalue weighted by atomic mass is 10.2. The maximum Gasteiger partial charge on any atom is 0.283 e. The SMILES string of the molecule is O=Cc1ccc(/C=N\Nc2nn[nH]n2)cc1. The Bertz CT molecular complexity index is 475. The summed E-state index contributed by atoms with van der Waals surface area (Å²) in [7, 11) is 0. The third-order valence-corrected chi connectivity index (χ3v) is 1.80. The Balaban J connectivity index is 1.98. The number of aromatic amines is 1. The molecule has 2 aromatic rings. The van der Waals surface area contributed by atoms with Crippen LogP contribution in [-0.2, 0) is 0 Å². The van der Waals surface area contributed by atoms with Gasteiger partial charge in [-0.25, -0.2) is 5.43 Å². The van der Waals surface area contributed by atoms with Gasteiger partial charge in [0.05, 0.1) is 6.21 Å². The second-order valence-electron chi connectivity index (χ2n) is 2.89. The van der Waals surface area contributed by atoms with Gasteiger partial charge in [-0.15, -0.1) is 5.10 Å². The van der Waals surface area contributed by atoms with Crippen LogP contribution in [-0.4, -0.2) is 33.1 Å². The van der Waals surface area contributed by atoms with Gasteiger partial charge < -0.3 is 0 Å². The maximum atomic E-state index is 10.4. The fourth-order valence-electron chi connectivity index (χ4n) is 1.03. The van der Waals surface area contributed by atoms with Crippen molar-refractivity contribution >= 4 is 18.4 Å². The lowest BCUT2D eigenvalue weighted by Crippen LogP contribution is -1.92. The Morgan fingerprint density at radius 1 is 1.25 bits per heavy atom. The van der Waals surface area contributed by atoms with E-state index in [1.54, 1.807) is 30.5 Å². The molecule has 0 bridgehead atoms.